The highest BCUT2D eigenvalue weighted by Gasteiger charge is 2.24. The Morgan fingerprint density at radius 3 is 1.72 bits per heavy atom. The molecule has 2 aromatic rings. The Hall–Kier alpha value is -2.45. The smallest absolute Gasteiger partial charge is 0.328 e. The van der Waals surface area contributed by atoms with Crippen molar-refractivity contribution in [3.63, 3.8) is 0 Å². The average molecular weight is 426 g/mol. The molecule has 0 aliphatic rings. The molecule has 0 fully saturated rings. The zero-order valence-electron chi connectivity index (χ0n) is 18.4. The van der Waals surface area contributed by atoms with Gasteiger partial charge in [0.1, 0.15) is 0 Å². The molecule has 0 saturated heterocycles. The summed E-state index contributed by atoms with van der Waals surface area (Å²) < 4.78 is 0. The van der Waals surface area contributed by atoms with Gasteiger partial charge in [0.05, 0.1) is 16.1 Å². The van der Waals surface area contributed by atoms with E-state index < -0.39 is 22.1 Å². The van der Waals surface area contributed by atoms with Crippen LogP contribution in [-0.2, 0) is 4.79 Å². The molecule has 0 saturated carbocycles. The Bertz CT molecular complexity index is 917. The quantitative estimate of drug-likeness (QED) is 0.528. The fraction of sp³-hybridized carbons (Fsp3) is 0.304. The van der Waals surface area contributed by atoms with Gasteiger partial charge in [-0.3, -0.25) is 4.79 Å². The number of rotatable bonds is 6. The molecule has 1 amide bonds. The lowest BCUT2D eigenvalue weighted by Gasteiger charge is -2.24. The maximum absolute atomic E-state index is 13.0. The maximum Gasteiger partial charge on any atom is 0.328 e. The highest BCUT2D eigenvalue weighted by Crippen LogP contribution is 2.18. The van der Waals surface area contributed by atoms with Gasteiger partial charge in [0.25, 0.3) is 5.91 Å². The van der Waals surface area contributed by atoms with Crippen molar-refractivity contribution in [1.29, 1.82) is 0 Å². The number of carboxylic acid groups (broad SMARTS) is 1. The largest absolute Gasteiger partial charge is 0.478 e. The van der Waals surface area contributed by atoms with Crippen molar-refractivity contribution < 1.29 is 14.7 Å². The predicted octanol–water partition coefficient (Wildman–Crippen LogP) is 4.52. The van der Waals surface area contributed by atoms with E-state index >= 15 is 0 Å². The van der Waals surface area contributed by atoms with E-state index in [0.29, 0.717) is 16.8 Å². The molecule has 2 aromatic carbocycles. The monoisotopic (exact) mass is 425 g/mol. The summed E-state index contributed by atoms with van der Waals surface area (Å²) in [6.45, 7) is 15.5. The van der Waals surface area contributed by atoms with Crippen LogP contribution in [0.3, 0.4) is 0 Å². The lowest BCUT2D eigenvalue weighted by atomic mass is 10.1. The van der Waals surface area contributed by atoms with E-state index in [2.05, 4.69) is 50.7 Å². The molecule has 0 unspecified atom stereocenters. The van der Waals surface area contributed by atoms with Crippen LogP contribution in [0.5, 0.6) is 0 Å². The number of carbonyl (C=O) groups excluding carboxylic acids is 1. The summed E-state index contributed by atoms with van der Waals surface area (Å²) in [5.74, 6) is -1.09. The second kappa shape index (κ2) is 8.51. The Morgan fingerprint density at radius 1 is 0.828 bits per heavy atom. The Morgan fingerprint density at radius 2 is 1.31 bits per heavy atom. The molecular weight excluding hydrogens is 394 g/mol. The third-order valence-corrected chi connectivity index (χ3v) is 8.91. The summed E-state index contributed by atoms with van der Waals surface area (Å²) in [5, 5.41) is 14.5. The lowest BCUT2D eigenvalue weighted by Crippen LogP contribution is -2.46. The summed E-state index contributed by atoms with van der Waals surface area (Å²) in [7, 11) is -3.12. The maximum atomic E-state index is 13.0. The number of hydrogen-bond donors (Lipinski definition) is 2. The molecule has 0 radical (unpaired) electrons. The molecule has 154 valence electrons. The van der Waals surface area contributed by atoms with Gasteiger partial charge in [0.2, 0.25) is 0 Å². The number of anilines is 1. The van der Waals surface area contributed by atoms with Crippen LogP contribution in [-0.4, -0.2) is 33.1 Å². The number of allylic oxidation sites excluding steroid dienone is 1. The van der Waals surface area contributed by atoms with Gasteiger partial charge in [-0.05, 0) is 30.2 Å². The van der Waals surface area contributed by atoms with Crippen LogP contribution < -0.4 is 15.7 Å². The fourth-order valence-corrected chi connectivity index (χ4v) is 5.41. The van der Waals surface area contributed by atoms with Crippen LogP contribution in [0.15, 0.2) is 48.5 Å². The van der Waals surface area contributed by atoms with Crippen molar-refractivity contribution in [3.8, 4) is 0 Å². The van der Waals surface area contributed by atoms with Gasteiger partial charge in [-0.15, -0.1) is 0 Å². The minimum absolute atomic E-state index is 0.116. The second-order valence-corrected chi connectivity index (χ2v) is 19.7. The van der Waals surface area contributed by atoms with Crippen molar-refractivity contribution in [3.05, 3.63) is 59.7 Å². The van der Waals surface area contributed by atoms with Crippen LogP contribution in [0.2, 0.25) is 39.3 Å². The molecule has 0 aliphatic carbocycles. The normalized spacial score (nSPS) is 12.6. The fourth-order valence-electron chi connectivity index (χ4n) is 2.91. The SMILES string of the molecule is CC(=CC(=O)O)c1ccc(NC(=O)c2cc([Si](C)(C)C)cc([Si](C)(C)C)c2)cc1. The van der Waals surface area contributed by atoms with Crippen LogP contribution in [0, 0.1) is 0 Å². The summed E-state index contributed by atoms with van der Waals surface area (Å²) in [6.07, 6.45) is 1.17. The zero-order chi connectivity index (χ0) is 22.0. The van der Waals surface area contributed by atoms with E-state index in [1.165, 1.54) is 16.4 Å². The lowest BCUT2D eigenvalue weighted by molar-refractivity contribution is -0.131. The molecule has 6 heteroatoms. The first-order chi connectivity index (χ1) is 13.3. The minimum Gasteiger partial charge on any atom is -0.478 e. The van der Waals surface area contributed by atoms with Gasteiger partial charge in [0.15, 0.2) is 0 Å². The minimum atomic E-state index is -1.56. The third-order valence-electron chi connectivity index (χ3n) is 4.87. The summed E-state index contributed by atoms with van der Waals surface area (Å²) in [4.78, 5) is 23.8. The van der Waals surface area contributed by atoms with Crippen molar-refractivity contribution in [2.45, 2.75) is 46.2 Å². The highest BCUT2D eigenvalue weighted by molar-refractivity contribution is 6.91. The van der Waals surface area contributed by atoms with E-state index in [1.54, 1.807) is 19.1 Å². The van der Waals surface area contributed by atoms with Crippen molar-refractivity contribution in [1.82, 2.24) is 0 Å². The van der Waals surface area contributed by atoms with Crippen molar-refractivity contribution in [2.24, 2.45) is 0 Å². The van der Waals surface area contributed by atoms with Crippen molar-refractivity contribution in [2.75, 3.05) is 5.32 Å². The van der Waals surface area contributed by atoms with E-state index in [9.17, 15) is 9.59 Å². The van der Waals surface area contributed by atoms with Gasteiger partial charge in [-0.25, -0.2) is 4.79 Å². The number of amides is 1. The zero-order valence-corrected chi connectivity index (χ0v) is 20.4. The molecule has 0 heterocycles. The highest BCUT2D eigenvalue weighted by atomic mass is 28.3. The topological polar surface area (TPSA) is 66.4 Å². The third kappa shape index (κ3) is 6.27. The van der Waals surface area contributed by atoms with Crippen LogP contribution >= 0.6 is 0 Å². The number of hydrogen-bond acceptors (Lipinski definition) is 2. The van der Waals surface area contributed by atoms with Gasteiger partial charge in [-0.1, -0.05) is 80.0 Å². The number of carbonyl (C=O) groups is 2. The molecule has 0 aromatic heterocycles. The summed E-state index contributed by atoms with van der Waals surface area (Å²) >= 11 is 0. The molecule has 0 spiro atoms. The molecule has 0 aliphatic heterocycles. The number of carboxylic acids is 1. The first kappa shape index (κ1) is 22.8. The Kier molecular flexibility index (Phi) is 6.70. The molecule has 2 rings (SSSR count). The van der Waals surface area contributed by atoms with E-state index in [1.807, 2.05) is 24.3 Å². The van der Waals surface area contributed by atoms with Crippen molar-refractivity contribution >= 4 is 49.7 Å². The Balaban J connectivity index is 2.32. The molecule has 0 bridgehead atoms. The second-order valence-electron chi connectivity index (χ2n) is 9.50. The predicted molar refractivity (Wildman–Crippen MR) is 128 cm³/mol. The van der Waals surface area contributed by atoms with Gasteiger partial charge >= 0.3 is 5.97 Å². The van der Waals surface area contributed by atoms with E-state index in [4.69, 9.17) is 5.11 Å². The first-order valence-electron chi connectivity index (χ1n) is 9.76. The molecule has 29 heavy (non-hydrogen) atoms. The summed E-state index contributed by atoms with van der Waals surface area (Å²) in [5.41, 5.74) is 2.87. The molecular formula is C23H31NO3Si2. The Labute approximate surface area is 175 Å². The van der Waals surface area contributed by atoms with E-state index in [-0.39, 0.29) is 5.91 Å². The van der Waals surface area contributed by atoms with Gasteiger partial charge < -0.3 is 10.4 Å². The standard InChI is InChI=1S/C23H31NO3Si2/c1-16(12-22(25)26)17-8-10-19(11-9-17)24-23(27)18-13-20(28(2,3)4)15-21(14-18)29(5,6)7/h8-15H,1-7H3,(H,24,27)(H,25,26). The number of benzene rings is 2. The van der Waals surface area contributed by atoms with Crippen LogP contribution in [0.1, 0.15) is 22.8 Å². The van der Waals surface area contributed by atoms with Crippen LogP contribution in [0.4, 0.5) is 5.69 Å². The molecule has 2 N–H and O–H groups in total. The molecule has 0 atom stereocenters. The summed E-state index contributed by atoms with van der Waals surface area (Å²) in [6, 6.07) is 13.6. The number of nitrogens with one attached hydrogen (secondary N) is 1. The molecule has 4 nitrogen and oxygen atoms in total. The number of aliphatic carboxylic acids is 1. The first-order valence-corrected chi connectivity index (χ1v) is 16.8. The average Bonchev–Trinajstić information content (AvgIpc) is 2.59. The van der Waals surface area contributed by atoms with E-state index in [0.717, 1.165) is 5.56 Å². The van der Waals surface area contributed by atoms with Crippen LogP contribution in [0.25, 0.3) is 5.57 Å². The van der Waals surface area contributed by atoms with Gasteiger partial charge in [0, 0.05) is 17.3 Å². The van der Waals surface area contributed by atoms with Gasteiger partial charge in [-0.2, -0.15) is 0 Å².